The summed E-state index contributed by atoms with van der Waals surface area (Å²) < 4.78 is 55.0. The fraction of sp³-hybridized carbons (Fsp3) is 0.571. The molecule has 1 N–H and O–H groups in total. The lowest BCUT2D eigenvalue weighted by Gasteiger charge is -2.36. The van der Waals surface area contributed by atoms with Crippen molar-refractivity contribution in [2.24, 2.45) is 0 Å². The molecule has 2 rings (SSSR count). The molecular formula is C28H44F2O6Si. The van der Waals surface area contributed by atoms with E-state index in [0.29, 0.717) is 38.6 Å². The first-order chi connectivity index (χ1) is 17.3. The third kappa shape index (κ3) is 9.79. The molecular weight excluding hydrogens is 498 g/mol. The highest BCUT2D eigenvalue weighted by atomic mass is 28.4. The van der Waals surface area contributed by atoms with Crippen LogP contribution in [0.1, 0.15) is 59.6 Å². The topological polar surface area (TPSA) is 66.4 Å². The second kappa shape index (κ2) is 15.1. The summed E-state index contributed by atoms with van der Waals surface area (Å²) in [6, 6.07) is 6.35. The maximum Gasteiger partial charge on any atom is 0.206 e. The highest BCUT2D eigenvalue weighted by Crippen LogP contribution is 2.38. The molecule has 0 amide bonds. The molecule has 0 radical (unpaired) electrons. The molecule has 0 spiro atoms. The lowest BCUT2D eigenvalue weighted by atomic mass is 10.2. The van der Waals surface area contributed by atoms with Gasteiger partial charge in [-0.1, -0.05) is 20.8 Å². The quantitative estimate of drug-likeness (QED) is 0.285. The number of rotatable bonds is 12. The van der Waals surface area contributed by atoms with E-state index in [9.17, 15) is 8.78 Å². The van der Waals surface area contributed by atoms with Gasteiger partial charge < -0.3 is 28.5 Å². The summed E-state index contributed by atoms with van der Waals surface area (Å²) in [5.41, 5.74) is 1.45. The zero-order valence-electron chi connectivity index (χ0n) is 23.8. The number of halogens is 2. The number of ether oxygens (including phenoxy) is 4. The van der Waals surface area contributed by atoms with Gasteiger partial charge in [-0.15, -0.1) is 0 Å². The summed E-state index contributed by atoms with van der Waals surface area (Å²) in [5, 5.41) is 9.12. The Kier molecular flexibility index (Phi) is 13.4. The van der Waals surface area contributed by atoms with Crippen molar-refractivity contribution in [2.75, 3.05) is 26.4 Å². The zero-order valence-corrected chi connectivity index (χ0v) is 24.8. The van der Waals surface area contributed by atoms with E-state index in [2.05, 4.69) is 33.9 Å². The first-order valence-electron chi connectivity index (χ1n) is 12.8. The highest BCUT2D eigenvalue weighted by Gasteiger charge is 2.37. The lowest BCUT2D eigenvalue weighted by molar-refractivity contribution is 0.268. The smallest absolute Gasteiger partial charge is 0.206 e. The van der Waals surface area contributed by atoms with Gasteiger partial charge in [-0.05, 0) is 81.2 Å². The van der Waals surface area contributed by atoms with Crippen molar-refractivity contribution in [3.8, 4) is 23.0 Å². The summed E-state index contributed by atoms with van der Waals surface area (Å²) in [5.74, 6) is -0.278. The minimum Gasteiger partial charge on any atom is -0.491 e. The van der Waals surface area contributed by atoms with E-state index in [4.69, 9.17) is 28.5 Å². The minimum absolute atomic E-state index is 0.118. The zero-order chi connectivity index (χ0) is 28.2. The molecule has 0 aliphatic heterocycles. The number of hydrogen-bond donors (Lipinski definition) is 1. The second-order valence-electron chi connectivity index (χ2n) is 9.75. The number of aliphatic hydroxyl groups excluding tert-OH is 1. The molecule has 0 bridgehead atoms. The summed E-state index contributed by atoms with van der Waals surface area (Å²) in [6.07, 6.45) is 0. The van der Waals surface area contributed by atoms with Crippen LogP contribution in [0.25, 0.3) is 0 Å². The summed E-state index contributed by atoms with van der Waals surface area (Å²) in [4.78, 5) is 0. The van der Waals surface area contributed by atoms with Gasteiger partial charge in [0, 0.05) is 0 Å². The molecule has 0 saturated heterocycles. The maximum absolute atomic E-state index is 14.2. The third-order valence-corrected chi connectivity index (χ3v) is 10.4. The SMILES string of the molecule is CCOc1cc(CO)cc(OCC)c1F.CCOc1cc(CO[Si](C)(C)C(C)(C)C)cc(OCC)c1F. The van der Waals surface area contributed by atoms with E-state index in [1.807, 2.05) is 13.8 Å². The largest absolute Gasteiger partial charge is 0.491 e. The van der Waals surface area contributed by atoms with Crippen molar-refractivity contribution in [3.63, 3.8) is 0 Å². The molecule has 6 nitrogen and oxygen atoms in total. The molecule has 2 aromatic rings. The van der Waals surface area contributed by atoms with Crippen LogP contribution in [0.2, 0.25) is 18.1 Å². The van der Waals surface area contributed by atoms with E-state index in [1.165, 1.54) is 12.1 Å². The van der Waals surface area contributed by atoms with Gasteiger partial charge in [-0.2, -0.15) is 8.78 Å². The van der Waals surface area contributed by atoms with E-state index < -0.39 is 20.0 Å². The standard InChI is InChI=1S/C17H29FO3Si.C11H15FO3/c1-8-19-14-10-13(11-15(16(14)18)20-9-2)12-21-22(6,7)17(3,4)5;1-3-14-9-5-8(7-13)6-10(11(9)12)15-4-2/h10-11H,8-9,12H2,1-7H3;5-6,13H,3-4,7H2,1-2H3. The van der Waals surface area contributed by atoms with Crippen molar-refractivity contribution in [1.29, 1.82) is 0 Å². The van der Waals surface area contributed by atoms with Crippen LogP contribution in [0.3, 0.4) is 0 Å². The van der Waals surface area contributed by atoms with Crippen molar-refractivity contribution in [3.05, 3.63) is 47.0 Å². The van der Waals surface area contributed by atoms with Gasteiger partial charge >= 0.3 is 0 Å². The molecule has 0 saturated carbocycles. The monoisotopic (exact) mass is 542 g/mol. The number of benzene rings is 2. The predicted octanol–water partition coefficient (Wildman–Crippen LogP) is 7.26. The fourth-order valence-electron chi connectivity index (χ4n) is 2.95. The van der Waals surface area contributed by atoms with E-state index >= 15 is 0 Å². The predicted molar refractivity (Wildman–Crippen MR) is 145 cm³/mol. The van der Waals surface area contributed by atoms with Gasteiger partial charge in [-0.3, -0.25) is 0 Å². The van der Waals surface area contributed by atoms with Gasteiger partial charge in [-0.25, -0.2) is 0 Å². The number of aliphatic hydroxyl groups is 1. The minimum atomic E-state index is -1.85. The Labute approximate surface area is 222 Å². The van der Waals surface area contributed by atoms with Crippen molar-refractivity contribution >= 4 is 8.32 Å². The van der Waals surface area contributed by atoms with Gasteiger partial charge in [0.2, 0.25) is 11.6 Å². The Morgan fingerprint density at radius 3 is 1.27 bits per heavy atom. The molecule has 37 heavy (non-hydrogen) atoms. The fourth-order valence-corrected chi connectivity index (χ4v) is 3.91. The molecule has 0 aliphatic rings. The molecule has 0 unspecified atom stereocenters. The molecule has 0 aliphatic carbocycles. The molecule has 0 heterocycles. The van der Waals surface area contributed by atoms with Crippen LogP contribution in [0.15, 0.2) is 24.3 Å². The Balaban J connectivity index is 0.000000397. The van der Waals surface area contributed by atoms with Crippen LogP contribution in [0.4, 0.5) is 8.78 Å². The number of hydrogen-bond acceptors (Lipinski definition) is 6. The van der Waals surface area contributed by atoms with Crippen LogP contribution in [-0.2, 0) is 17.6 Å². The van der Waals surface area contributed by atoms with Crippen molar-refractivity contribution < 1.29 is 37.3 Å². The first kappa shape index (κ1) is 32.7. The van der Waals surface area contributed by atoms with Gasteiger partial charge in [0.15, 0.2) is 31.3 Å². The molecule has 0 fully saturated rings. The highest BCUT2D eigenvalue weighted by molar-refractivity contribution is 6.74. The Morgan fingerprint density at radius 2 is 1.00 bits per heavy atom. The third-order valence-electron chi connectivity index (χ3n) is 5.92. The second-order valence-corrected chi connectivity index (χ2v) is 14.6. The Bertz CT molecular complexity index is 922. The van der Waals surface area contributed by atoms with E-state index in [1.54, 1.807) is 26.0 Å². The molecule has 9 heteroatoms. The summed E-state index contributed by atoms with van der Waals surface area (Å²) >= 11 is 0. The van der Waals surface area contributed by atoms with Crippen molar-refractivity contribution in [2.45, 2.75) is 79.8 Å². The Hall–Kier alpha value is -2.36. The van der Waals surface area contributed by atoms with Crippen LogP contribution in [0.5, 0.6) is 23.0 Å². The van der Waals surface area contributed by atoms with Crippen LogP contribution < -0.4 is 18.9 Å². The summed E-state index contributed by atoms with van der Waals surface area (Å²) in [7, 11) is -1.85. The van der Waals surface area contributed by atoms with Crippen LogP contribution in [0, 0.1) is 11.6 Å². The van der Waals surface area contributed by atoms with Gasteiger partial charge in [0.25, 0.3) is 0 Å². The molecule has 210 valence electrons. The van der Waals surface area contributed by atoms with Crippen LogP contribution >= 0.6 is 0 Å². The maximum atomic E-state index is 14.2. The first-order valence-corrected chi connectivity index (χ1v) is 15.7. The molecule has 2 aromatic carbocycles. The lowest BCUT2D eigenvalue weighted by Crippen LogP contribution is -2.40. The Morgan fingerprint density at radius 1 is 0.676 bits per heavy atom. The molecule has 0 atom stereocenters. The van der Waals surface area contributed by atoms with Crippen molar-refractivity contribution in [1.82, 2.24) is 0 Å². The van der Waals surface area contributed by atoms with E-state index in [-0.39, 0.29) is 34.6 Å². The molecule has 0 aromatic heterocycles. The average Bonchev–Trinajstić information content (AvgIpc) is 2.83. The average molecular weight is 543 g/mol. The van der Waals surface area contributed by atoms with Gasteiger partial charge in [0.05, 0.1) is 39.6 Å². The summed E-state index contributed by atoms with van der Waals surface area (Å²) in [6.45, 7) is 20.0. The van der Waals surface area contributed by atoms with Crippen LogP contribution in [-0.4, -0.2) is 39.9 Å². The van der Waals surface area contributed by atoms with Gasteiger partial charge in [0.1, 0.15) is 0 Å². The normalized spacial score (nSPS) is 11.5. The van der Waals surface area contributed by atoms with E-state index in [0.717, 1.165) is 5.56 Å².